The number of cyclic esters (lactones) is 1. The number of hydrogen-bond donors (Lipinski definition) is 2. The highest BCUT2D eigenvalue weighted by Crippen LogP contribution is 2.72. The van der Waals surface area contributed by atoms with E-state index in [1.54, 1.807) is 13.8 Å². The van der Waals surface area contributed by atoms with Gasteiger partial charge in [0.2, 0.25) is 0 Å². The number of rotatable bonds is 2. The Morgan fingerprint density at radius 3 is 2.32 bits per heavy atom. The van der Waals surface area contributed by atoms with Crippen molar-refractivity contribution in [1.29, 1.82) is 0 Å². The molecule has 5 aliphatic rings. The first-order valence-electron chi connectivity index (χ1n) is 13.7. The average Bonchev–Trinajstić information content (AvgIpc) is 3.02. The molecule has 34 heavy (non-hydrogen) atoms. The monoisotopic (exact) mass is 470 g/mol. The molecule has 190 valence electrons. The molecule has 3 fully saturated rings. The summed E-state index contributed by atoms with van der Waals surface area (Å²) in [6.07, 6.45) is 12.1. The second-order valence-corrected chi connectivity index (χ2v) is 14.2. The second-order valence-electron chi connectivity index (χ2n) is 14.2. The lowest BCUT2D eigenvalue weighted by Crippen LogP contribution is -2.55. The Balaban J connectivity index is 1.47. The molecule has 0 aromatic rings. The summed E-state index contributed by atoms with van der Waals surface area (Å²) in [6, 6.07) is 0. The Bertz CT molecular complexity index is 938. The molecule has 0 aromatic carbocycles. The number of carbonyl (C=O) groups is 1. The van der Waals surface area contributed by atoms with Crippen molar-refractivity contribution in [2.75, 3.05) is 0 Å². The van der Waals surface area contributed by atoms with Crippen LogP contribution in [0.15, 0.2) is 23.3 Å². The van der Waals surface area contributed by atoms with Crippen LogP contribution in [0.5, 0.6) is 0 Å². The molecule has 0 bridgehead atoms. The molecule has 1 saturated heterocycles. The standard InChI is InChI=1S/C30H46O4/c1-26(2)22-10-9-21-20(28(22,5)15-14-23(26)31)13-17-29(6)19(12-16-30(21,29)7)18-8-11-24(27(3,4)33)34-25(18)32/h9,13,18-19,22-24,31,33H,8,10-12,14-17H2,1-7H3. The molecule has 0 amide bonds. The number of hydrogen-bond acceptors (Lipinski definition) is 4. The largest absolute Gasteiger partial charge is 0.459 e. The number of carbonyl (C=O) groups excluding carboxylic acids is 1. The topological polar surface area (TPSA) is 66.8 Å². The molecule has 2 saturated carbocycles. The fraction of sp³-hybridized carbons (Fsp3) is 0.833. The molecule has 1 heterocycles. The Labute approximate surface area is 206 Å². The minimum Gasteiger partial charge on any atom is -0.459 e. The first-order chi connectivity index (χ1) is 15.7. The highest BCUT2D eigenvalue weighted by molar-refractivity contribution is 5.74. The minimum absolute atomic E-state index is 0.0283. The molecule has 1 aliphatic heterocycles. The minimum atomic E-state index is -0.989. The lowest BCUT2D eigenvalue weighted by atomic mass is 9.44. The van der Waals surface area contributed by atoms with Gasteiger partial charge in [0.25, 0.3) is 0 Å². The van der Waals surface area contributed by atoms with Crippen molar-refractivity contribution >= 4 is 5.97 Å². The molecular weight excluding hydrogens is 424 g/mol. The Morgan fingerprint density at radius 1 is 0.971 bits per heavy atom. The van der Waals surface area contributed by atoms with Gasteiger partial charge in [0.15, 0.2) is 0 Å². The molecule has 0 spiro atoms. The smallest absolute Gasteiger partial charge is 0.309 e. The molecule has 4 aliphatic carbocycles. The summed E-state index contributed by atoms with van der Waals surface area (Å²) in [6.45, 7) is 15.3. The van der Waals surface area contributed by atoms with Crippen LogP contribution < -0.4 is 0 Å². The number of fused-ring (bicyclic) bond motifs is 5. The molecular formula is C30H46O4. The van der Waals surface area contributed by atoms with Gasteiger partial charge in [-0.15, -0.1) is 0 Å². The first-order valence-corrected chi connectivity index (χ1v) is 13.7. The number of aliphatic hydroxyl groups excluding tert-OH is 1. The highest BCUT2D eigenvalue weighted by Gasteiger charge is 2.64. The van der Waals surface area contributed by atoms with Crippen LogP contribution in [0.4, 0.5) is 0 Å². The van der Waals surface area contributed by atoms with Gasteiger partial charge in [-0.25, -0.2) is 0 Å². The maximum Gasteiger partial charge on any atom is 0.309 e. The van der Waals surface area contributed by atoms with Crippen LogP contribution in [0.25, 0.3) is 0 Å². The molecule has 0 radical (unpaired) electrons. The van der Waals surface area contributed by atoms with Crippen LogP contribution in [0.1, 0.15) is 99.8 Å². The van der Waals surface area contributed by atoms with Crippen LogP contribution in [-0.4, -0.2) is 34.0 Å². The highest BCUT2D eigenvalue weighted by atomic mass is 16.6. The van der Waals surface area contributed by atoms with Gasteiger partial charge in [0.1, 0.15) is 6.10 Å². The maximum atomic E-state index is 13.2. The van der Waals surface area contributed by atoms with Gasteiger partial charge >= 0.3 is 5.97 Å². The maximum absolute atomic E-state index is 13.2. The molecule has 2 N–H and O–H groups in total. The summed E-state index contributed by atoms with van der Waals surface area (Å²) < 4.78 is 5.82. The van der Waals surface area contributed by atoms with Gasteiger partial charge in [0, 0.05) is 0 Å². The molecule has 0 aromatic heterocycles. The van der Waals surface area contributed by atoms with Gasteiger partial charge in [0.05, 0.1) is 17.6 Å². The van der Waals surface area contributed by atoms with Gasteiger partial charge < -0.3 is 14.9 Å². The van der Waals surface area contributed by atoms with Gasteiger partial charge in [-0.05, 0) is 110 Å². The summed E-state index contributed by atoms with van der Waals surface area (Å²) in [4.78, 5) is 13.2. The number of aliphatic hydroxyl groups is 2. The van der Waals surface area contributed by atoms with Crippen LogP contribution in [0, 0.1) is 39.4 Å². The van der Waals surface area contributed by atoms with E-state index in [-0.39, 0.29) is 39.7 Å². The van der Waals surface area contributed by atoms with Gasteiger partial charge in [-0.2, -0.15) is 0 Å². The second kappa shape index (κ2) is 7.44. The SMILES string of the molecule is CC(C)(O)C1CCC(C2CCC3(C)C4=CCC5C(C)(CCC(O)C5(C)C)C4=CCC23C)C(=O)O1. The van der Waals surface area contributed by atoms with Crippen molar-refractivity contribution in [1.82, 2.24) is 0 Å². The van der Waals surface area contributed by atoms with E-state index in [1.165, 1.54) is 11.1 Å². The fourth-order valence-corrected chi connectivity index (χ4v) is 9.28. The van der Waals surface area contributed by atoms with Crippen LogP contribution >= 0.6 is 0 Å². The Morgan fingerprint density at radius 2 is 1.68 bits per heavy atom. The zero-order chi connectivity index (χ0) is 24.9. The van der Waals surface area contributed by atoms with Crippen molar-refractivity contribution < 1.29 is 19.7 Å². The van der Waals surface area contributed by atoms with E-state index in [0.29, 0.717) is 11.8 Å². The van der Waals surface area contributed by atoms with E-state index < -0.39 is 11.7 Å². The summed E-state index contributed by atoms with van der Waals surface area (Å²) in [5.41, 5.74) is 2.20. The lowest BCUT2D eigenvalue weighted by molar-refractivity contribution is -0.181. The predicted molar refractivity (Wildman–Crippen MR) is 134 cm³/mol. The molecule has 4 heteroatoms. The van der Waals surface area contributed by atoms with Crippen molar-refractivity contribution in [3.63, 3.8) is 0 Å². The summed E-state index contributed by atoms with van der Waals surface area (Å²) in [7, 11) is 0. The lowest BCUT2D eigenvalue weighted by Gasteiger charge is -2.61. The number of ether oxygens (including phenoxy) is 1. The van der Waals surface area contributed by atoms with Crippen LogP contribution in [0.2, 0.25) is 0 Å². The Kier molecular flexibility index (Phi) is 5.38. The van der Waals surface area contributed by atoms with Crippen molar-refractivity contribution in [2.24, 2.45) is 39.4 Å². The summed E-state index contributed by atoms with van der Waals surface area (Å²) >= 11 is 0. The quantitative estimate of drug-likeness (QED) is 0.488. The third-order valence-electron chi connectivity index (χ3n) is 11.9. The van der Waals surface area contributed by atoms with E-state index in [2.05, 4.69) is 46.8 Å². The van der Waals surface area contributed by atoms with E-state index in [9.17, 15) is 15.0 Å². The third-order valence-corrected chi connectivity index (χ3v) is 11.9. The normalized spacial score (nSPS) is 48.1. The Hall–Kier alpha value is -1.13. The van der Waals surface area contributed by atoms with Crippen molar-refractivity contribution in [2.45, 2.75) is 118 Å². The summed E-state index contributed by atoms with van der Waals surface area (Å²) in [5.74, 6) is 0.588. The number of allylic oxidation sites excluding steroid dienone is 4. The zero-order valence-corrected chi connectivity index (χ0v) is 22.4. The molecule has 8 atom stereocenters. The van der Waals surface area contributed by atoms with E-state index >= 15 is 0 Å². The van der Waals surface area contributed by atoms with Gasteiger partial charge in [-0.1, -0.05) is 46.8 Å². The fourth-order valence-electron chi connectivity index (χ4n) is 9.28. The number of esters is 1. The van der Waals surface area contributed by atoms with Crippen LogP contribution in [-0.2, 0) is 9.53 Å². The predicted octanol–water partition coefficient (Wildman–Crippen LogP) is 5.97. The average molecular weight is 471 g/mol. The third kappa shape index (κ3) is 3.13. The summed E-state index contributed by atoms with van der Waals surface area (Å²) in [5, 5.41) is 21.2. The molecule has 8 unspecified atom stereocenters. The van der Waals surface area contributed by atoms with E-state index in [0.717, 1.165) is 51.4 Å². The van der Waals surface area contributed by atoms with E-state index in [1.807, 2.05) is 0 Å². The zero-order valence-electron chi connectivity index (χ0n) is 22.4. The van der Waals surface area contributed by atoms with Crippen molar-refractivity contribution in [3.8, 4) is 0 Å². The van der Waals surface area contributed by atoms with Crippen LogP contribution in [0.3, 0.4) is 0 Å². The first kappa shape index (κ1) is 24.6. The van der Waals surface area contributed by atoms with Crippen molar-refractivity contribution in [3.05, 3.63) is 23.3 Å². The van der Waals surface area contributed by atoms with E-state index in [4.69, 9.17) is 4.74 Å². The molecule has 4 nitrogen and oxygen atoms in total. The van der Waals surface area contributed by atoms with Gasteiger partial charge in [-0.3, -0.25) is 4.79 Å². The molecule has 5 rings (SSSR count).